The van der Waals surface area contributed by atoms with Gasteiger partial charge in [-0.25, -0.2) is 23.3 Å². The number of hydrogen-bond donors (Lipinski definition) is 1. The summed E-state index contributed by atoms with van der Waals surface area (Å²) in [5.41, 5.74) is -0.0606. The Balaban J connectivity index is 1.62. The van der Waals surface area contributed by atoms with E-state index in [1.54, 1.807) is 12.3 Å². The Bertz CT molecular complexity index is 930. The zero-order chi connectivity index (χ0) is 17.6. The number of carbonyl (C=O) groups is 1. The van der Waals surface area contributed by atoms with Gasteiger partial charge in [0.1, 0.15) is 5.56 Å². The lowest BCUT2D eigenvalue weighted by Crippen LogP contribution is -2.19. The quantitative estimate of drug-likeness (QED) is 0.781. The van der Waals surface area contributed by atoms with Crippen LogP contribution in [-0.4, -0.2) is 25.5 Å². The van der Waals surface area contributed by atoms with Crippen molar-refractivity contribution in [2.75, 3.05) is 5.32 Å². The molecule has 1 aliphatic carbocycles. The van der Waals surface area contributed by atoms with Crippen molar-refractivity contribution in [1.29, 1.82) is 0 Å². The van der Waals surface area contributed by atoms with E-state index >= 15 is 0 Å². The van der Waals surface area contributed by atoms with Gasteiger partial charge in [-0.3, -0.25) is 10.1 Å². The van der Waals surface area contributed by atoms with E-state index in [0.29, 0.717) is 11.6 Å². The molecule has 3 aromatic heterocycles. The average molecular weight is 347 g/mol. The van der Waals surface area contributed by atoms with Crippen LogP contribution in [0.4, 0.5) is 14.7 Å². The molecule has 4 rings (SSSR count). The van der Waals surface area contributed by atoms with Crippen molar-refractivity contribution in [2.24, 2.45) is 5.92 Å². The van der Waals surface area contributed by atoms with Gasteiger partial charge in [0, 0.05) is 18.3 Å². The molecule has 7 nitrogen and oxygen atoms in total. The summed E-state index contributed by atoms with van der Waals surface area (Å²) < 4.78 is 33.4. The molecule has 0 saturated heterocycles. The van der Waals surface area contributed by atoms with Gasteiger partial charge in [-0.1, -0.05) is 6.92 Å². The largest absolute Gasteiger partial charge is 0.424 e. The van der Waals surface area contributed by atoms with Gasteiger partial charge in [-0.15, -0.1) is 0 Å². The fourth-order valence-electron chi connectivity index (χ4n) is 3.02. The lowest BCUT2D eigenvalue weighted by Gasteiger charge is -2.29. The molecule has 3 heterocycles. The second-order valence-electron chi connectivity index (χ2n) is 6.24. The minimum atomic E-state index is -2.84. The summed E-state index contributed by atoms with van der Waals surface area (Å²) in [6.45, 7) is 2.08. The molecule has 0 bridgehead atoms. The minimum Gasteiger partial charge on any atom is -0.424 e. The Morgan fingerprint density at radius 1 is 1.44 bits per heavy atom. The normalized spacial score (nSPS) is 20.0. The van der Waals surface area contributed by atoms with Crippen molar-refractivity contribution >= 4 is 17.4 Å². The summed E-state index contributed by atoms with van der Waals surface area (Å²) >= 11 is 0. The highest BCUT2D eigenvalue weighted by atomic mass is 19.3. The van der Waals surface area contributed by atoms with Crippen LogP contribution in [-0.2, 0) is 0 Å². The van der Waals surface area contributed by atoms with Crippen LogP contribution in [0.5, 0.6) is 0 Å². The fraction of sp³-hybridized carbons (Fsp3) is 0.375. The van der Waals surface area contributed by atoms with Crippen molar-refractivity contribution in [3.8, 4) is 0 Å². The highest BCUT2D eigenvalue weighted by Crippen LogP contribution is 2.43. The summed E-state index contributed by atoms with van der Waals surface area (Å²) in [6.07, 6.45) is 3.32. The number of fused-ring (bicyclic) bond motifs is 1. The molecule has 1 N–H and O–H groups in total. The predicted octanol–water partition coefficient (Wildman–Crippen LogP) is 3.42. The number of alkyl halides is 2. The standard InChI is InChI=1S/C16H15F2N5O2/c1-8-5-9(6-8)15-21-11(12(17)18)16(25-15)22-14(24)10-7-20-23-4-2-3-19-13(10)23/h2-4,7-9,12H,5-6H2,1H3,(H,22,24). The first-order valence-corrected chi connectivity index (χ1v) is 7.91. The molecule has 130 valence electrons. The predicted molar refractivity (Wildman–Crippen MR) is 83.5 cm³/mol. The molecule has 0 unspecified atom stereocenters. The summed E-state index contributed by atoms with van der Waals surface area (Å²) in [5.74, 6) is -0.140. The van der Waals surface area contributed by atoms with Gasteiger partial charge >= 0.3 is 0 Å². The smallest absolute Gasteiger partial charge is 0.285 e. The van der Waals surface area contributed by atoms with Crippen molar-refractivity contribution in [1.82, 2.24) is 19.6 Å². The van der Waals surface area contributed by atoms with Gasteiger partial charge < -0.3 is 4.42 Å². The maximum Gasteiger partial charge on any atom is 0.285 e. The van der Waals surface area contributed by atoms with Crippen LogP contribution in [0.15, 0.2) is 29.1 Å². The van der Waals surface area contributed by atoms with Gasteiger partial charge in [0.25, 0.3) is 12.3 Å². The maximum absolute atomic E-state index is 13.2. The van der Waals surface area contributed by atoms with E-state index in [-0.39, 0.29) is 23.3 Å². The molecule has 0 aliphatic heterocycles. The molecule has 1 amide bonds. The molecule has 0 aromatic carbocycles. The number of nitrogens with one attached hydrogen (secondary N) is 1. The molecule has 1 saturated carbocycles. The number of hydrogen-bond acceptors (Lipinski definition) is 5. The number of halogens is 2. The summed E-state index contributed by atoms with van der Waals surface area (Å²) in [7, 11) is 0. The summed E-state index contributed by atoms with van der Waals surface area (Å²) in [6, 6.07) is 1.67. The molecule has 1 fully saturated rings. The number of amides is 1. The first-order valence-electron chi connectivity index (χ1n) is 7.91. The van der Waals surface area contributed by atoms with Crippen molar-refractivity contribution in [2.45, 2.75) is 32.1 Å². The van der Waals surface area contributed by atoms with E-state index in [2.05, 4.69) is 27.3 Å². The van der Waals surface area contributed by atoms with E-state index in [0.717, 1.165) is 12.8 Å². The highest BCUT2D eigenvalue weighted by Gasteiger charge is 2.34. The molecule has 1 aliphatic rings. The van der Waals surface area contributed by atoms with E-state index in [1.165, 1.54) is 16.9 Å². The van der Waals surface area contributed by atoms with Crippen molar-refractivity contribution in [3.63, 3.8) is 0 Å². The van der Waals surface area contributed by atoms with E-state index in [4.69, 9.17) is 4.42 Å². The summed E-state index contributed by atoms with van der Waals surface area (Å²) in [5, 5.41) is 6.38. The molecular weight excluding hydrogens is 332 g/mol. The van der Waals surface area contributed by atoms with Gasteiger partial charge in [-0.2, -0.15) is 5.10 Å². The molecule has 0 spiro atoms. The van der Waals surface area contributed by atoms with Gasteiger partial charge in [-0.05, 0) is 24.8 Å². The Morgan fingerprint density at radius 3 is 2.96 bits per heavy atom. The third-order valence-electron chi connectivity index (χ3n) is 4.35. The van der Waals surface area contributed by atoms with Crippen molar-refractivity contribution < 1.29 is 18.0 Å². The first-order chi connectivity index (χ1) is 12.0. The second kappa shape index (κ2) is 5.91. The van der Waals surface area contributed by atoms with E-state index in [9.17, 15) is 13.6 Å². The third-order valence-corrected chi connectivity index (χ3v) is 4.35. The lowest BCUT2D eigenvalue weighted by molar-refractivity contribution is 0.102. The molecule has 3 aromatic rings. The number of oxazole rings is 1. The molecule has 0 radical (unpaired) electrons. The zero-order valence-corrected chi connectivity index (χ0v) is 13.3. The maximum atomic E-state index is 13.2. The molecule has 25 heavy (non-hydrogen) atoms. The SMILES string of the molecule is CC1CC(c2nc(C(F)F)c(NC(=O)c3cnn4cccnc34)o2)C1. The topological polar surface area (TPSA) is 85.3 Å². The Hall–Kier alpha value is -2.84. The Kier molecular flexibility index (Phi) is 3.70. The van der Waals surface area contributed by atoms with Gasteiger partial charge in [0.2, 0.25) is 11.8 Å². The van der Waals surface area contributed by atoms with Crippen LogP contribution in [0.1, 0.15) is 54.1 Å². The van der Waals surface area contributed by atoms with Crippen LogP contribution in [0.25, 0.3) is 5.65 Å². The number of anilines is 1. The van der Waals surface area contributed by atoms with E-state index < -0.39 is 18.0 Å². The fourth-order valence-corrected chi connectivity index (χ4v) is 3.02. The molecular formula is C16H15F2N5O2. The lowest BCUT2D eigenvalue weighted by atomic mass is 9.76. The third kappa shape index (κ3) is 2.75. The monoisotopic (exact) mass is 347 g/mol. The molecule has 9 heteroatoms. The number of rotatable bonds is 4. The van der Waals surface area contributed by atoms with E-state index in [1.807, 2.05) is 0 Å². The van der Waals surface area contributed by atoms with Crippen LogP contribution < -0.4 is 5.32 Å². The number of carbonyl (C=O) groups excluding carboxylic acids is 1. The van der Waals surface area contributed by atoms with Crippen LogP contribution >= 0.6 is 0 Å². The van der Waals surface area contributed by atoms with Crippen LogP contribution in [0.3, 0.4) is 0 Å². The summed E-state index contributed by atoms with van der Waals surface area (Å²) in [4.78, 5) is 20.4. The second-order valence-corrected chi connectivity index (χ2v) is 6.24. The highest BCUT2D eigenvalue weighted by molar-refractivity contribution is 6.07. The van der Waals surface area contributed by atoms with Crippen molar-refractivity contribution in [3.05, 3.63) is 41.8 Å². The Labute approximate surface area is 141 Å². The minimum absolute atomic E-state index is 0.0248. The zero-order valence-electron chi connectivity index (χ0n) is 13.3. The van der Waals surface area contributed by atoms with Crippen LogP contribution in [0.2, 0.25) is 0 Å². The van der Waals surface area contributed by atoms with Crippen LogP contribution in [0, 0.1) is 5.92 Å². The average Bonchev–Trinajstić information content (AvgIpc) is 3.15. The van der Waals surface area contributed by atoms with Gasteiger partial charge in [0.05, 0.1) is 6.20 Å². The van der Waals surface area contributed by atoms with Gasteiger partial charge in [0.15, 0.2) is 11.3 Å². The number of aromatic nitrogens is 4. The number of nitrogens with zero attached hydrogens (tertiary/aromatic N) is 4. The Morgan fingerprint density at radius 2 is 2.24 bits per heavy atom. The molecule has 0 atom stereocenters. The first kappa shape index (κ1) is 15.7.